The molecule has 0 saturated heterocycles. The summed E-state index contributed by atoms with van der Waals surface area (Å²) >= 11 is 3.23. The first-order chi connectivity index (χ1) is 11.3. The number of hydrogen-bond acceptors (Lipinski definition) is 5. The molecule has 0 aliphatic heterocycles. The van der Waals surface area contributed by atoms with Crippen LogP contribution in [-0.4, -0.2) is 20.4 Å². The molecule has 7 heteroatoms. The number of nitrogens with one attached hydrogen (secondary N) is 1. The average Bonchev–Trinajstić information content (AvgIpc) is 3.29. The summed E-state index contributed by atoms with van der Waals surface area (Å²) in [6, 6.07) is 1.99. The Labute approximate surface area is 143 Å². The number of thiazole rings is 1. The van der Waals surface area contributed by atoms with Crippen molar-refractivity contribution in [2.45, 2.75) is 32.4 Å². The molecule has 120 valence electrons. The lowest BCUT2D eigenvalue weighted by molar-refractivity contribution is -0.122. The normalized spacial score (nSPS) is 12.2. The Balaban J connectivity index is 1.69. The highest BCUT2D eigenvalue weighted by Gasteiger charge is 2.18. The van der Waals surface area contributed by atoms with Crippen LogP contribution in [0.3, 0.4) is 0 Å². The number of imidazole rings is 1. The topological polar surface area (TPSA) is 59.8 Å². The van der Waals surface area contributed by atoms with E-state index in [1.54, 1.807) is 35.1 Å². The van der Waals surface area contributed by atoms with Crippen molar-refractivity contribution < 1.29 is 4.79 Å². The zero-order chi connectivity index (χ0) is 16.1. The van der Waals surface area contributed by atoms with Crippen molar-refractivity contribution in [2.24, 2.45) is 0 Å². The molecule has 3 aromatic rings. The summed E-state index contributed by atoms with van der Waals surface area (Å²) in [7, 11) is 0. The molecule has 0 aliphatic carbocycles. The predicted molar refractivity (Wildman–Crippen MR) is 92.6 cm³/mol. The quantitative estimate of drug-likeness (QED) is 0.715. The molecule has 0 aliphatic rings. The lowest BCUT2D eigenvalue weighted by Gasteiger charge is -2.17. The van der Waals surface area contributed by atoms with Crippen molar-refractivity contribution >= 4 is 28.6 Å². The van der Waals surface area contributed by atoms with Gasteiger partial charge >= 0.3 is 0 Å². The molecule has 1 N–H and O–H groups in total. The maximum absolute atomic E-state index is 12.4. The maximum atomic E-state index is 12.4. The van der Waals surface area contributed by atoms with E-state index in [-0.39, 0.29) is 18.5 Å². The second-order valence-electron chi connectivity index (χ2n) is 5.15. The van der Waals surface area contributed by atoms with E-state index in [1.165, 1.54) is 5.56 Å². The second-order valence-corrected chi connectivity index (χ2v) is 6.86. The molecule has 0 bridgehead atoms. The molecule has 0 saturated carbocycles. The number of aryl methyl sites for hydroxylation is 1. The Hall–Kier alpha value is -1.99. The summed E-state index contributed by atoms with van der Waals surface area (Å²) in [5, 5.41) is 10.1. The minimum Gasteiger partial charge on any atom is -0.345 e. The fraction of sp³-hybridized carbons (Fsp3) is 0.312. The highest BCUT2D eigenvalue weighted by molar-refractivity contribution is 7.09. The van der Waals surface area contributed by atoms with Crippen molar-refractivity contribution in [2.75, 3.05) is 0 Å². The van der Waals surface area contributed by atoms with E-state index < -0.39 is 0 Å². The van der Waals surface area contributed by atoms with Gasteiger partial charge in [-0.15, -0.1) is 11.3 Å². The number of amides is 1. The minimum absolute atomic E-state index is 0.0203. The lowest BCUT2D eigenvalue weighted by atomic mass is 10.1. The molecular weight excluding hydrogens is 328 g/mol. The Kier molecular flexibility index (Phi) is 5.19. The highest BCUT2D eigenvalue weighted by Crippen LogP contribution is 2.21. The number of hydrogen-bond donors (Lipinski definition) is 1. The van der Waals surface area contributed by atoms with Crippen LogP contribution in [-0.2, 0) is 24.2 Å². The maximum Gasteiger partial charge on any atom is 0.240 e. The summed E-state index contributed by atoms with van der Waals surface area (Å²) in [4.78, 5) is 21.1. The van der Waals surface area contributed by atoms with Crippen molar-refractivity contribution in [3.63, 3.8) is 0 Å². The van der Waals surface area contributed by atoms with Gasteiger partial charge in [0.05, 0.1) is 6.04 Å². The molecule has 0 unspecified atom stereocenters. The number of rotatable bonds is 7. The van der Waals surface area contributed by atoms with Crippen LogP contribution in [0.1, 0.15) is 29.4 Å². The molecule has 0 fully saturated rings. The van der Waals surface area contributed by atoms with Gasteiger partial charge < -0.3 is 9.88 Å². The smallest absolute Gasteiger partial charge is 0.240 e. The monoisotopic (exact) mass is 346 g/mol. The molecule has 0 aromatic carbocycles. The molecule has 3 heterocycles. The van der Waals surface area contributed by atoms with Gasteiger partial charge in [0.15, 0.2) is 0 Å². The van der Waals surface area contributed by atoms with Crippen LogP contribution in [0, 0.1) is 0 Å². The van der Waals surface area contributed by atoms with Crippen LogP contribution in [0.25, 0.3) is 0 Å². The summed E-state index contributed by atoms with van der Waals surface area (Å²) in [6.45, 7) is 2.32. The average molecular weight is 346 g/mol. The van der Waals surface area contributed by atoms with Crippen LogP contribution in [0.5, 0.6) is 0 Å². The summed E-state index contributed by atoms with van der Waals surface area (Å²) in [5.41, 5.74) is 1.22. The molecule has 3 rings (SSSR count). The SMILES string of the molecule is CCc1nccn1CC(=O)N[C@H](Cc1ccsc1)c1nccs1. The number of carbonyl (C=O) groups excluding carboxylic acids is 1. The number of aromatic nitrogens is 3. The Morgan fingerprint density at radius 2 is 2.26 bits per heavy atom. The third-order valence-electron chi connectivity index (χ3n) is 3.54. The van der Waals surface area contributed by atoms with Gasteiger partial charge in [0.25, 0.3) is 0 Å². The number of thiophene rings is 1. The van der Waals surface area contributed by atoms with E-state index in [2.05, 4.69) is 32.1 Å². The second kappa shape index (κ2) is 7.52. The van der Waals surface area contributed by atoms with Crippen LogP contribution in [0.2, 0.25) is 0 Å². The molecule has 23 heavy (non-hydrogen) atoms. The first-order valence-corrected chi connectivity index (χ1v) is 9.28. The van der Waals surface area contributed by atoms with Gasteiger partial charge in [-0.05, 0) is 22.4 Å². The Morgan fingerprint density at radius 3 is 2.96 bits per heavy atom. The van der Waals surface area contributed by atoms with E-state index in [1.807, 2.05) is 23.1 Å². The molecule has 5 nitrogen and oxygen atoms in total. The predicted octanol–water partition coefficient (Wildman–Crippen LogP) is 3.06. The van der Waals surface area contributed by atoms with E-state index >= 15 is 0 Å². The molecule has 1 atom stereocenters. The van der Waals surface area contributed by atoms with Crippen LogP contribution >= 0.6 is 22.7 Å². The van der Waals surface area contributed by atoms with Gasteiger partial charge in [-0.3, -0.25) is 4.79 Å². The van der Waals surface area contributed by atoms with Gasteiger partial charge in [-0.1, -0.05) is 6.92 Å². The highest BCUT2D eigenvalue weighted by atomic mass is 32.1. The van der Waals surface area contributed by atoms with E-state index in [0.717, 1.165) is 23.7 Å². The lowest BCUT2D eigenvalue weighted by Crippen LogP contribution is -2.32. The first kappa shape index (κ1) is 15.9. The standard InChI is InChI=1S/C16H18N4OS2/c1-2-14-17-4-6-20(14)10-15(21)19-13(16-18-5-8-23-16)9-12-3-7-22-11-12/h3-8,11,13H,2,9-10H2,1H3,(H,19,21)/t13-/m1/s1. The van der Waals surface area contributed by atoms with Crippen molar-refractivity contribution in [1.29, 1.82) is 0 Å². The molecular formula is C16H18N4OS2. The Morgan fingerprint density at radius 1 is 1.35 bits per heavy atom. The zero-order valence-corrected chi connectivity index (χ0v) is 14.4. The van der Waals surface area contributed by atoms with Crippen LogP contribution in [0.15, 0.2) is 40.8 Å². The van der Waals surface area contributed by atoms with Gasteiger partial charge in [-0.2, -0.15) is 11.3 Å². The molecule has 3 aromatic heterocycles. The molecule has 1 amide bonds. The summed E-state index contributed by atoms with van der Waals surface area (Å²) < 4.78 is 1.89. The zero-order valence-electron chi connectivity index (χ0n) is 12.8. The van der Waals surface area contributed by atoms with Crippen molar-refractivity contribution in [3.8, 4) is 0 Å². The number of nitrogens with zero attached hydrogens (tertiary/aromatic N) is 3. The largest absolute Gasteiger partial charge is 0.345 e. The van der Waals surface area contributed by atoms with Gasteiger partial charge in [0, 0.05) is 36.8 Å². The third-order valence-corrected chi connectivity index (χ3v) is 5.16. The summed E-state index contributed by atoms with van der Waals surface area (Å²) in [5.74, 6) is 0.900. The fourth-order valence-corrected chi connectivity index (χ4v) is 3.82. The molecule has 0 spiro atoms. The van der Waals surface area contributed by atoms with E-state index in [0.29, 0.717) is 0 Å². The van der Waals surface area contributed by atoms with E-state index in [9.17, 15) is 4.79 Å². The van der Waals surface area contributed by atoms with Crippen LogP contribution in [0.4, 0.5) is 0 Å². The first-order valence-electron chi connectivity index (χ1n) is 7.46. The third kappa shape index (κ3) is 4.05. The van der Waals surface area contributed by atoms with Crippen molar-refractivity contribution in [3.05, 3.63) is 57.2 Å². The number of carbonyl (C=O) groups is 1. The van der Waals surface area contributed by atoms with Crippen molar-refractivity contribution in [1.82, 2.24) is 19.9 Å². The van der Waals surface area contributed by atoms with E-state index in [4.69, 9.17) is 0 Å². The van der Waals surface area contributed by atoms with Crippen LogP contribution < -0.4 is 5.32 Å². The minimum atomic E-state index is -0.0919. The van der Waals surface area contributed by atoms with Gasteiger partial charge in [0.2, 0.25) is 5.91 Å². The van der Waals surface area contributed by atoms with Gasteiger partial charge in [0.1, 0.15) is 17.4 Å². The fourth-order valence-electron chi connectivity index (χ4n) is 2.44. The van der Waals surface area contributed by atoms with Gasteiger partial charge in [-0.25, -0.2) is 9.97 Å². The molecule has 0 radical (unpaired) electrons. The summed E-state index contributed by atoms with van der Waals surface area (Å²) in [6.07, 6.45) is 6.92. The Bertz CT molecular complexity index is 734.